The highest BCUT2D eigenvalue weighted by Crippen LogP contribution is 2.23. The van der Waals surface area contributed by atoms with Crippen molar-refractivity contribution in [3.05, 3.63) is 47.3 Å². The summed E-state index contributed by atoms with van der Waals surface area (Å²) in [6.07, 6.45) is 0. The summed E-state index contributed by atoms with van der Waals surface area (Å²) in [5, 5.41) is 8.05. The number of hydrogen-bond acceptors (Lipinski definition) is 4. The van der Waals surface area contributed by atoms with Crippen molar-refractivity contribution in [3.8, 4) is 5.75 Å². The molecule has 2 aromatic heterocycles. The molecule has 3 rings (SSSR count). The number of nitrogens with zero attached hydrogens (tertiary/aromatic N) is 3. The number of ether oxygens (including phenoxy) is 1. The van der Waals surface area contributed by atoms with E-state index in [1.54, 1.807) is 42.1 Å². The van der Waals surface area contributed by atoms with Gasteiger partial charge < -0.3 is 10.1 Å². The van der Waals surface area contributed by atoms with Gasteiger partial charge in [-0.05, 0) is 44.2 Å². The number of fused-ring (bicyclic) bond motifs is 1. The maximum Gasteiger partial charge on any atom is 0.256 e. The van der Waals surface area contributed by atoms with Crippen molar-refractivity contribution in [2.45, 2.75) is 13.8 Å². The number of rotatable bonds is 3. The quantitative estimate of drug-likeness (QED) is 0.807. The van der Waals surface area contributed by atoms with Gasteiger partial charge in [0.1, 0.15) is 5.75 Å². The summed E-state index contributed by atoms with van der Waals surface area (Å²) in [4.78, 5) is 17.2. The number of carbonyl (C=O) groups is 1. The van der Waals surface area contributed by atoms with E-state index in [0.717, 1.165) is 22.5 Å². The van der Waals surface area contributed by atoms with Crippen LogP contribution < -0.4 is 10.1 Å². The Bertz CT molecular complexity index is 882. The second-order valence-electron chi connectivity index (χ2n) is 5.40. The summed E-state index contributed by atoms with van der Waals surface area (Å²) in [5.41, 5.74) is 3.56. The van der Waals surface area contributed by atoms with Crippen LogP contribution in [0.1, 0.15) is 21.7 Å². The highest BCUT2D eigenvalue weighted by atomic mass is 16.5. The second kappa shape index (κ2) is 5.72. The number of amides is 1. The van der Waals surface area contributed by atoms with E-state index in [9.17, 15) is 4.79 Å². The van der Waals surface area contributed by atoms with E-state index in [2.05, 4.69) is 15.4 Å². The molecule has 3 aromatic rings. The number of pyridine rings is 1. The Morgan fingerprint density at radius 1 is 1.22 bits per heavy atom. The van der Waals surface area contributed by atoms with Crippen molar-refractivity contribution in [3.63, 3.8) is 0 Å². The van der Waals surface area contributed by atoms with E-state index in [1.807, 2.05) is 20.9 Å². The van der Waals surface area contributed by atoms with Crippen molar-refractivity contribution in [2.75, 3.05) is 12.4 Å². The first-order chi connectivity index (χ1) is 11.0. The predicted octanol–water partition coefficient (Wildman–Crippen LogP) is 2.85. The molecular formula is C17H18N4O2. The van der Waals surface area contributed by atoms with Gasteiger partial charge in [-0.1, -0.05) is 0 Å². The second-order valence-corrected chi connectivity index (χ2v) is 5.40. The molecule has 0 atom stereocenters. The zero-order chi connectivity index (χ0) is 16.6. The normalized spacial score (nSPS) is 10.8. The lowest BCUT2D eigenvalue weighted by Gasteiger charge is -2.08. The largest absolute Gasteiger partial charge is 0.497 e. The van der Waals surface area contributed by atoms with E-state index in [4.69, 9.17) is 4.74 Å². The lowest BCUT2D eigenvalue weighted by atomic mass is 10.1. The third-order valence-corrected chi connectivity index (χ3v) is 3.69. The first kappa shape index (κ1) is 15.0. The summed E-state index contributed by atoms with van der Waals surface area (Å²) in [6.45, 7) is 3.75. The molecule has 23 heavy (non-hydrogen) atoms. The van der Waals surface area contributed by atoms with Crippen LogP contribution in [0.3, 0.4) is 0 Å². The Kier molecular flexibility index (Phi) is 3.73. The van der Waals surface area contributed by atoms with Gasteiger partial charge in [0, 0.05) is 18.4 Å². The Balaban J connectivity index is 2.00. The van der Waals surface area contributed by atoms with Crippen LogP contribution in [0.25, 0.3) is 11.0 Å². The highest BCUT2D eigenvalue weighted by molar-refractivity contribution is 6.12. The van der Waals surface area contributed by atoms with Crippen LogP contribution >= 0.6 is 0 Å². The third kappa shape index (κ3) is 2.75. The lowest BCUT2D eigenvalue weighted by molar-refractivity contribution is 0.102. The van der Waals surface area contributed by atoms with E-state index in [1.165, 1.54) is 0 Å². The van der Waals surface area contributed by atoms with Crippen molar-refractivity contribution in [2.24, 2.45) is 7.05 Å². The number of hydrogen-bond donors (Lipinski definition) is 1. The lowest BCUT2D eigenvalue weighted by Crippen LogP contribution is -2.13. The minimum absolute atomic E-state index is 0.179. The summed E-state index contributed by atoms with van der Waals surface area (Å²) < 4.78 is 6.81. The topological polar surface area (TPSA) is 69.0 Å². The Morgan fingerprint density at radius 2 is 1.91 bits per heavy atom. The van der Waals surface area contributed by atoms with E-state index < -0.39 is 0 Å². The predicted molar refractivity (Wildman–Crippen MR) is 88.9 cm³/mol. The molecule has 1 aromatic carbocycles. The number of methoxy groups -OCH3 is 1. The van der Waals surface area contributed by atoms with Crippen molar-refractivity contribution in [1.82, 2.24) is 14.8 Å². The van der Waals surface area contributed by atoms with Crippen LogP contribution in [0.4, 0.5) is 5.69 Å². The monoisotopic (exact) mass is 310 g/mol. The van der Waals surface area contributed by atoms with E-state index >= 15 is 0 Å². The molecule has 6 nitrogen and oxygen atoms in total. The molecule has 0 unspecified atom stereocenters. The van der Waals surface area contributed by atoms with Crippen molar-refractivity contribution in [1.29, 1.82) is 0 Å². The molecule has 118 valence electrons. The summed E-state index contributed by atoms with van der Waals surface area (Å²) in [7, 11) is 3.43. The highest BCUT2D eigenvalue weighted by Gasteiger charge is 2.17. The maximum absolute atomic E-state index is 12.7. The third-order valence-electron chi connectivity index (χ3n) is 3.69. The number of aromatic nitrogens is 3. The Hall–Kier alpha value is -2.89. The van der Waals surface area contributed by atoms with Crippen LogP contribution in [0.5, 0.6) is 5.75 Å². The number of anilines is 1. The molecule has 0 radical (unpaired) electrons. The van der Waals surface area contributed by atoms with Crippen molar-refractivity contribution < 1.29 is 9.53 Å². The molecule has 1 amide bonds. The van der Waals surface area contributed by atoms with Crippen molar-refractivity contribution >= 4 is 22.6 Å². The van der Waals surface area contributed by atoms with Gasteiger partial charge in [-0.15, -0.1) is 0 Å². The molecule has 2 heterocycles. The number of benzene rings is 1. The minimum Gasteiger partial charge on any atom is -0.497 e. The first-order valence-corrected chi connectivity index (χ1v) is 7.26. The van der Waals surface area contributed by atoms with Gasteiger partial charge in [0.15, 0.2) is 5.65 Å². The average Bonchev–Trinajstić information content (AvgIpc) is 2.81. The van der Waals surface area contributed by atoms with E-state index in [-0.39, 0.29) is 5.91 Å². The molecule has 6 heteroatoms. The molecule has 0 saturated carbocycles. The van der Waals surface area contributed by atoms with Gasteiger partial charge in [-0.3, -0.25) is 9.48 Å². The van der Waals surface area contributed by atoms with Gasteiger partial charge in [-0.2, -0.15) is 5.10 Å². The average molecular weight is 310 g/mol. The summed E-state index contributed by atoms with van der Waals surface area (Å²) >= 11 is 0. The molecule has 0 aliphatic rings. The molecule has 0 aliphatic carbocycles. The van der Waals surface area contributed by atoms with Gasteiger partial charge in [0.2, 0.25) is 0 Å². The SMILES string of the molecule is COc1ccc(NC(=O)c2cc(C)nc3c2c(C)nn3C)cc1. The van der Waals surface area contributed by atoms with Crippen LogP contribution in [-0.4, -0.2) is 27.8 Å². The molecular weight excluding hydrogens is 292 g/mol. The molecule has 0 bridgehead atoms. The summed E-state index contributed by atoms with van der Waals surface area (Å²) in [5.74, 6) is 0.565. The van der Waals surface area contributed by atoms with E-state index in [0.29, 0.717) is 16.9 Å². The Morgan fingerprint density at radius 3 is 2.57 bits per heavy atom. The fourth-order valence-corrected chi connectivity index (χ4v) is 2.62. The fraction of sp³-hybridized carbons (Fsp3) is 0.235. The minimum atomic E-state index is -0.179. The van der Waals surface area contributed by atoms with Crippen LogP contribution in [-0.2, 0) is 7.05 Å². The molecule has 0 spiro atoms. The zero-order valence-electron chi connectivity index (χ0n) is 13.5. The van der Waals surface area contributed by atoms with Gasteiger partial charge in [0.05, 0.1) is 23.8 Å². The van der Waals surface area contributed by atoms with Crippen LogP contribution in [0.15, 0.2) is 30.3 Å². The standard InChI is InChI=1S/C17H18N4O2/c1-10-9-14(15-11(2)20-21(3)16(15)18-10)17(22)19-12-5-7-13(23-4)8-6-12/h5-9H,1-4H3,(H,19,22). The number of carbonyl (C=O) groups excluding carboxylic acids is 1. The molecule has 0 aliphatic heterocycles. The van der Waals surface area contributed by atoms with Gasteiger partial charge >= 0.3 is 0 Å². The van der Waals surface area contributed by atoms with Crippen LogP contribution in [0, 0.1) is 13.8 Å². The fourth-order valence-electron chi connectivity index (χ4n) is 2.62. The summed E-state index contributed by atoms with van der Waals surface area (Å²) in [6, 6.07) is 9.00. The molecule has 0 saturated heterocycles. The first-order valence-electron chi connectivity index (χ1n) is 7.26. The molecule has 0 fully saturated rings. The van der Waals surface area contributed by atoms with Gasteiger partial charge in [0.25, 0.3) is 5.91 Å². The number of aryl methyl sites for hydroxylation is 3. The number of nitrogens with one attached hydrogen (secondary N) is 1. The molecule has 1 N–H and O–H groups in total. The van der Waals surface area contributed by atoms with Gasteiger partial charge in [-0.25, -0.2) is 4.98 Å². The zero-order valence-corrected chi connectivity index (χ0v) is 13.5. The maximum atomic E-state index is 12.7. The van der Waals surface area contributed by atoms with Crippen LogP contribution in [0.2, 0.25) is 0 Å². The Labute approximate surface area is 134 Å². The smallest absolute Gasteiger partial charge is 0.256 e.